The summed E-state index contributed by atoms with van der Waals surface area (Å²) < 4.78 is 4.76. The molecule has 0 aromatic heterocycles. The summed E-state index contributed by atoms with van der Waals surface area (Å²) in [5.74, 6) is 0.381. The maximum absolute atomic E-state index is 11.4. The van der Waals surface area contributed by atoms with Crippen LogP contribution in [0.5, 0.6) is 0 Å². The van der Waals surface area contributed by atoms with E-state index in [9.17, 15) is 9.90 Å². The summed E-state index contributed by atoms with van der Waals surface area (Å²) in [5.41, 5.74) is 0. The molecule has 0 bridgehead atoms. The maximum Gasteiger partial charge on any atom is 0.220 e. The largest absolute Gasteiger partial charge is 0.389 e. The lowest BCUT2D eigenvalue weighted by Gasteiger charge is -2.12. The Morgan fingerprint density at radius 3 is 3.13 bits per heavy atom. The molecule has 0 aromatic rings. The second-order valence-electron chi connectivity index (χ2n) is 3.88. The van der Waals surface area contributed by atoms with E-state index < -0.39 is 6.10 Å². The Bertz CT molecular complexity index is 228. The minimum absolute atomic E-state index is 0.00158. The first-order valence-corrected chi connectivity index (χ1v) is 5.32. The van der Waals surface area contributed by atoms with Crippen LogP contribution in [0, 0.1) is 5.92 Å². The molecule has 1 aliphatic rings. The van der Waals surface area contributed by atoms with Crippen LogP contribution in [0.3, 0.4) is 0 Å². The van der Waals surface area contributed by atoms with Gasteiger partial charge in [-0.05, 0) is 18.8 Å². The van der Waals surface area contributed by atoms with Crippen molar-refractivity contribution < 1.29 is 14.6 Å². The zero-order valence-corrected chi connectivity index (χ0v) is 9.11. The van der Waals surface area contributed by atoms with Gasteiger partial charge < -0.3 is 15.2 Å². The summed E-state index contributed by atoms with van der Waals surface area (Å²) in [5, 5.41) is 12.0. The van der Waals surface area contributed by atoms with E-state index in [-0.39, 0.29) is 19.1 Å². The Balaban J connectivity index is 2.10. The van der Waals surface area contributed by atoms with Gasteiger partial charge in [0.05, 0.1) is 12.7 Å². The molecule has 1 aliphatic carbocycles. The smallest absolute Gasteiger partial charge is 0.220 e. The monoisotopic (exact) mass is 213 g/mol. The van der Waals surface area contributed by atoms with Gasteiger partial charge in [0.15, 0.2) is 0 Å². The van der Waals surface area contributed by atoms with E-state index in [0.717, 1.165) is 12.8 Å². The lowest BCUT2D eigenvalue weighted by molar-refractivity contribution is -0.122. The highest BCUT2D eigenvalue weighted by Crippen LogP contribution is 2.19. The van der Waals surface area contributed by atoms with Crippen LogP contribution in [0.15, 0.2) is 12.2 Å². The first-order chi connectivity index (χ1) is 7.22. The topological polar surface area (TPSA) is 58.6 Å². The molecule has 0 spiro atoms. The molecule has 4 nitrogen and oxygen atoms in total. The van der Waals surface area contributed by atoms with Crippen molar-refractivity contribution in [2.24, 2.45) is 5.92 Å². The highest BCUT2D eigenvalue weighted by molar-refractivity contribution is 5.76. The van der Waals surface area contributed by atoms with Crippen molar-refractivity contribution in [3.05, 3.63) is 12.2 Å². The lowest BCUT2D eigenvalue weighted by Crippen LogP contribution is -2.34. The van der Waals surface area contributed by atoms with Crippen LogP contribution in [0.2, 0.25) is 0 Å². The number of methoxy groups -OCH3 is 1. The molecule has 86 valence electrons. The maximum atomic E-state index is 11.4. The first-order valence-electron chi connectivity index (χ1n) is 5.32. The second kappa shape index (κ2) is 6.58. The molecule has 4 heteroatoms. The molecular formula is C11H19NO3. The van der Waals surface area contributed by atoms with E-state index >= 15 is 0 Å². The number of carbonyl (C=O) groups is 1. The highest BCUT2D eigenvalue weighted by Gasteiger charge is 2.14. The molecule has 0 fully saturated rings. The fourth-order valence-corrected chi connectivity index (χ4v) is 1.66. The fraction of sp³-hybridized carbons (Fsp3) is 0.727. The van der Waals surface area contributed by atoms with Crippen LogP contribution < -0.4 is 5.32 Å². The van der Waals surface area contributed by atoms with Crippen LogP contribution in [0.1, 0.15) is 19.3 Å². The fourth-order valence-electron chi connectivity index (χ4n) is 1.66. The van der Waals surface area contributed by atoms with E-state index in [2.05, 4.69) is 17.5 Å². The van der Waals surface area contributed by atoms with Gasteiger partial charge in [0.25, 0.3) is 0 Å². The number of carbonyl (C=O) groups excluding carboxylic acids is 1. The van der Waals surface area contributed by atoms with Crippen LogP contribution in [-0.2, 0) is 9.53 Å². The zero-order valence-electron chi connectivity index (χ0n) is 9.11. The van der Waals surface area contributed by atoms with Gasteiger partial charge in [-0.1, -0.05) is 12.2 Å². The standard InChI is InChI=1S/C11H19NO3/c1-15-8-10(13)7-12-11(14)6-9-4-2-3-5-9/h2,4,9-10,13H,3,5-8H2,1H3,(H,12,14). The zero-order chi connectivity index (χ0) is 11.1. The lowest BCUT2D eigenvalue weighted by atomic mass is 10.1. The number of rotatable bonds is 6. The minimum atomic E-state index is -0.613. The van der Waals surface area contributed by atoms with E-state index in [1.165, 1.54) is 7.11 Å². The second-order valence-corrected chi connectivity index (χ2v) is 3.88. The molecule has 0 radical (unpaired) electrons. The molecule has 0 aliphatic heterocycles. The molecule has 2 unspecified atom stereocenters. The van der Waals surface area contributed by atoms with Crippen LogP contribution in [0.25, 0.3) is 0 Å². The predicted octanol–water partition coefficient (Wildman–Crippen LogP) is 0.466. The molecule has 2 N–H and O–H groups in total. The highest BCUT2D eigenvalue weighted by atomic mass is 16.5. The van der Waals surface area contributed by atoms with Crippen molar-refractivity contribution in [1.82, 2.24) is 5.32 Å². The first kappa shape index (κ1) is 12.2. The van der Waals surface area contributed by atoms with Crippen LogP contribution in [-0.4, -0.2) is 37.4 Å². The number of allylic oxidation sites excluding steroid dienone is 2. The Morgan fingerprint density at radius 2 is 2.53 bits per heavy atom. The van der Waals surface area contributed by atoms with E-state index in [4.69, 9.17) is 4.74 Å². The molecule has 1 rings (SSSR count). The molecule has 0 saturated carbocycles. The predicted molar refractivity (Wildman–Crippen MR) is 57.4 cm³/mol. The molecule has 0 saturated heterocycles. The van der Waals surface area contributed by atoms with Gasteiger partial charge in [0.2, 0.25) is 5.91 Å². The molecule has 0 heterocycles. The van der Waals surface area contributed by atoms with Crippen molar-refractivity contribution in [3.8, 4) is 0 Å². The van der Waals surface area contributed by atoms with Gasteiger partial charge in [-0.25, -0.2) is 0 Å². The van der Waals surface area contributed by atoms with Gasteiger partial charge in [0.1, 0.15) is 0 Å². The normalized spacial score (nSPS) is 21.6. The summed E-state index contributed by atoms with van der Waals surface area (Å²) in [6.45, 7) is 0.521. The summed E-state index contributed by atoms with van der Waals surface area (Å²) >= 11 is 0. The number of ether oxygens (including phenoxy) is 1. The average molecular weight is 213 g/mol. The number of amides is 1. The third kappa shape index (κ3) is 4.95. The Kier molecular flexibility index (Phi) is 5.36. The van der Waals surface area contributed by atoms with Crippen LogP contribution in [0.4, 0.5) is 0 Å². The minimum Gasteiger partial charge on any atom is -0.389 e. The Morgan fingerprint density at radius 1 is 1.73 bits per heavy atom. The summed E-state index contributed by atoms with van der Waals surface area (Å²) in [6, 6.07) is 0. The molecule has 1 amide bonds. The van der Waals surface area contributed by atoms with Crippen LogP contribution >= 0.6 is 0 Å². The summed E-state index contributed by atoms with van der Waals surface area (Å²) in [7, 11) is 1.52. The number of nitrogens with one attached hydrogen (secondary N) is 1. The molecule has 2 atom stereocenters. The third-order valence-corrected chi connectivity index (χ3v) is 2.45. The number of aliphatic hydroxyl groups is 1. The third-order valence-electron chi connectivity index (χ3n) is 2.45. The quantitative estimate of drug-likeness (QED) is 0.630. The Labute approximate surface area is 90.3 Å². The van der Waals surface area contributed by atoms with Gasteiger partial charge in [-0.2, -0.15) is 0 Å². The average Bonchev–Trinajstić information content (AvgIpc) is 2.68. The van der Waals surface area contributed by atoms with Gasteiger partial charge in [-0.3, -0.25) is 4.79 Å². The van der Waals surface area contributed by atoms with Crippen molar-refractivity contribution in [2.45, 2.75) is 25.4 Å². The number of aliphatic hydroxyl groups excluding tert-OH is 1. The van der Waals surface area contributed by atoms with E-state index in [1.54, 1.807) is 0 Å². The van der Waals surface area contributed by atoms with Crippen molar-refractivity contribution in [1.29, 1.82) is 0 Å². The van der Waals surface area contributed by atoms with Crippen molar-refractivity contribution >= 4 is 5.91 Å². The number of hydrogen-bond donors (Lipinski definition) is 2. The SMILES string of the molecule is COCC(O)CNC(=O)CC1C=CCC1. The van der Waals surface area contributed by atoms with Crippen molar-refractivity contribution in [2.75, 3.05) is 20.3 Å². The van der Waals surface area contributed by atoms with E-state index in [0.29, 0.717) is 12.3 Å². The summed E-state index contributed by atoms with van der Waals surface area (Å²) in [6.07, 6.45) is 6.25. The molecule has 0 aromatic carbocycles. The molecule has 15 heavy (non-hydrogen) atoms. The summed E-state index contributed by atoms with van der Waals surface area (Å²) in [4.78, 5) is 11.4. The van der Waals surface area contributed by atoms with Gasteiger partial charge in [-0.15, -0.1) is 0 Å². The van der Waals surface area contributed by atoms with Crippen molar-refractivity contribution in [3.63, 3.8) is 0 Å². The van der Waals surface area contributed by atoms with E-state index in [1.807, 2.05) is 0 Å². The Hall–Kier alpha value is -0.870. The number of hydrogen-bond acceptors (Lipinski definition) is 3. The molecular weight excluding hydrogens is 194 g/mol. The van der Waals surface area contributed by atoms with Gasteiger partial charge in [0, 0.05) is 20.1 Å². The van der Waals surface area contributed by atoms with Gasteiger partial charge >= 0.3 is 0 Å².